The van der Waals surface area contributed by atoms with Gasteiger partial charge in [0.1, 0.15) is 0 Å². The van der Waals surface area contributed by atoms with E-state index in [9.17, 15) is 4.79 Å². The molecule has 2 aromatic rings. The quantitative estimate of drug-likeness (QED) is 0.888. The van der Waals surface area contributed by atoms with Crippen molar-refractivity contribution in [1.29, 1.82) is 0 Å². The first kappa shape index (κ1) is 14.8. The Hall–Kier alpha value is -1.65. The summed E-state index contributed by atoms with van der Waals surface area (Å²) in [4.78, 5) is 14.2. The molecule has 0 fully saturated rings. The van der Waals surface area contributed by atoms with Crippen molar-refractivity contribution in [3.63, 3.8) is 0 Å². The van der Waals surface area contributed by atoms with E-state index in [0.717, 1.165) is 13.1 Å². The molecule has 0 radical (unpaired) electrons. The van der Waals surface area contributed by atoms with Gasteiger partial charge in [0.15, 0.2) is 0 Å². The van der Waals surface area contributed by atoms with Crippen molar-refractivity contribution < 1.29 is 4.79 Å². The Kier molecular flexibility index (Phi) is 4.93. The van der Waals surface area contributed by atoms with Crippen LogP contribution in [0.5, 0.6) is 0 Å². The number of hydrogen-bond donors (Lipinski definition) is 2. The van der Waals surface area contributed by atoms with Gasteiger partial charge >= 0.3 is 0 Å². The molecule has 0 aliphatic rings. The van der Waals surface area contributed by atoms with Crippen molar-refractivity contribution in [2.45, 2.75) is 26.9 Å². The summed E-state index contributed by atoms with van der Waals surface area (Å²) in [7, 11) is 1.64. The molecule has 20 heavy (non-hydrogen) atoms. The van der Waals surface area contributed by atoms with Crippen LogP contribution in [0.4, 0.5) is 0 Å². The van der Waals surface area contributed by atoms with Crippen molar-refractivity contribution in [1.82, 2.24) is 10.6 Å². The summed E-state index contributed by atoms with van der Waals surface area (Å²) in [5, 5.41) is 6.05. The number of nitrogens with one attached hydrogen (secondary N) is 2. The maximum atomic E-state index is 11.4. The number of aryl methyl sites for hydroxylation is 2. The molecule has 1 heterocycles. The molecular formula is C16H20N2OS. The molecule has 1 amide bonds. The fraction of sp³-hybridized carbons (Fsp3) is 0.312. The third kappa shape index (κ3) is 3.68. The Balaban J connectivity index is 1.86. The number of thiophene rings is 1. The Labute approximate surface area is 124 Å². The lowest BCUT2D eigenvalue weighted by molar-refractivity contribution is 0.0963. The largest absolute Gasteiger partial charge is 0.355 e. The van der Waals surface area contributed by atoms with Crippen molar-refractivity contribution in [2.24, 2.45) is 0 Å². The van der Waals surface area contributed by atoms with E-state index < -0.39 is 0 Å². The average Bonchev–Trinajstić information content (AvgIpc) is 2.77. The zero-order valence-corrected chi connectivity index (χ0v) is 12.9. The summed E-state index contributed by atoms with van der Waals surface area (Å²) in [6.45, 7) is 5.99. The van der Waals surface area contributed by atoms with Crippen molar-refractivity contribution >= 4 is 17.2 Å². The number of carbonyl (C=O) groups is 1. The third-order valence-electron chi connectivity index (χ3n) is 3.29. The van der Waals surface area contributed by atoms with E-state index in [1.54, 1.807) is 7.05 Å². The van der Waals surface area contributed by atoms with Gasteiger partial charge in [-0.05, 0) is 43.2 Å². The molecule has 0 spiro atoms. The Morgan fingerprint density at radius 3 is 2.40 bits per heavy atom. The Bertz CT molecular complexity index is 568. The van der Waals surface area contributed by atoms with Gasteiger partial charge in [0.2, 0.25) is 0 Å². The molecule has 0 aliphatic carbocycles. The van der Waals surface area contributed by atoms with E-state index in [2.05, 4.69) is 30.5 Å². The van der Waals surface area contributed by atoms with E-state index >= 15 is 0 Å². The highest BCUT2D eigenvalue weighted by Crippen LogP contribution is 2.20. The minimum absolute atomic E-state index is 0.0472. The summed E-state index contributed by atoms with van der Waals surface area (Å²) >= 11 is 1.84. The number of amides is 1. The molecule has 0 aliphatic heterocycles. The fourth-order valence-electron chi connectivity index (χ4n) is 1.99. The smallest absolute Gasteiger partial charge is 0.251 e. The summed E-state index contributed by atoms with van der Waals surface area (Å²) < 4.78 is 0. The van der Waals surface area contributed by atoms with Crippen LogP contribution in [0.3, 0.4) is 0 Å². The normalized spacial score (nSPS) is 10.6. The highest BCUT2D eigenvalue weighted by molar-refractivity contribution is 7.12. The Morgan fingerprint density at radius 1 is 1.15 bits per heavy atom. The second-order valence-corrected chi connectivity index (χ2v) is 6.17. The standard InChI is InChI=1S/C16H20N2OS/c1-11-8-15(20-12(11)2)10-18-9-13-4-6-14(7-5-13)16(19)17-3/h4-8,18H,9-10H2,1-3H3,(H,17,19). The molecule has 2 N–H and O–H groups in total. The van der Waals surface area contributed by atoms with Gasteiger partial charge in [-0.3, -0.25) is 4.79 Å². The van der Waals surface area contributed by atoms with E-state index in [0.29, 0.717) is 5.56 Å². The zero-order valence-electron chi connectivity index (χ0n) is 12.1. The highest BCUT2D eigenvalue weighted by Gasteiger charge is 2.03. The van der Waals surface area contributed by atoms with Gasteiger partial charge in [-0.2, -0.15) is 0 Å². The van der Waals surface area contributed by atoms with Crippen LogP contribution >= 0.6 is 11.3 Å². The molecular weight excluding hydrogens is 268 g/mol. The molecule has 2 rings (SSSR count). The second kappa shape index (κ2) is 6.68. The molecule has 0 bridgehead atoms. The molecule has 1 aromatic carbocycles. The number of hydrogen-bond acceptors (Lipinski definition) is 3. The molecule has 1 aromatic heterocycles. The van der Waals surface area contributed by atoms with Crippen molar-refractivity contribution in [3.8, 4) is 0 Å². The van der Waals surface area contributed by atoms with Gasteiger partial charge in [-0.25, -0.2) is 0 Å². The van der Waals surface area contributed by atoms with E-state index in [1.165, 1.54) is 20.9 Å². The minimum atomic E-state index is -0.0472. The van der Waals surface area contributed by atoms with Crippen molar-refractivity contribution in [2.75, 3.05) is 7.05 Å². The number of rotatable bonds is 5. The summed E-state index contributed by atoms with van der Waals surface area (Å²) in [6.07, 6.45) is 0. The zero-order chi connectivity index (χ0) is 14.5. The van der Waals surface area contributed by atoms with Crippen LogP contribution in [0.1, 0.15) is 31.2 Å². The van der Waals surface area contributed by atoms with Gasteiger partial charge in [-0.15, -0.1) is 11.3 Å². The van der Waals surface area contributed by atoms with Crippen LogP contribution in [0.15, 0.2) is 30.3 Å². The van der Waals surface area contributed by atoms with Gasteiger partial charge in [0.25, 0.3) is 5.91 Å². The van der Waals surface area contributed by atoms with E-state index in [1.807, 2.05) is 35.6 Å². The van der Waals surface area contributed by atoms with Gasteiger partial charge < -0.3 is 10.6 Å². The molecule has 106 valence electrons. The molecule has 0 saturated heterocycles. The number of carbonyl (C=O) groups excluding carboxylic acids is 1. The lowest BCUT2D eigenvalue weighted by atomic mass is 10.1. The minimum Gasteiger partial charge on any atom is -0.355 e. The van der Waals surface area contributed by atoms with Gasteiger partial charge in [-0.1, -0.05) is 12.1 Å². The molecule has 3 nitrogen and oxygen atoms in total. The predicted molar refractivity (Wildman–Crippen MR) is 84.2 cm³/mol. The van der Waals surface area contributed by atoms with Crippen molar-refractivity contribution in [3.05, 3.63) is 56.8 Å². The van der Waals surface area contributed by atoms with Crippen LogP contribution in [0.2, 0.25) is 0 Å². The lowest BCUT2D eigenvalue weighted by Crippen LogP contribution is -2.18. The average molecular weight is 288 g/mol. The van der Waals surface area contributed by atoms with Crippen LogP contribution in [-0.4, -0.2) is 13.0 Å². The highest BCUT2D eigenvalue weighted by atomic mass is 32.1. The first-order chi connectivity index (χ1) is 9.60. The lowest BCUT2D eigenvalue weighted by Gasteiger charge is -2.05. The maximum absolute atomic E-state index is 11.4. The molecule has 4 heteroatoms. The topological polar surface area (TPSA) is 41.1 Å². The Morgan fingerprint density at radius 2 is 1.85 bits per heavy atom. The van der Waals surface area contributed by atoms with Gasteiger partial charge in [0.05, 0.1) is 0 Å². The molecule has 0 saturated carbocycles. The first-order valence-electron chi connectivity index (χ1n) is 6.68. The van der Waals surface area contributed by atoms with Gasteiger partial charge in [0, 0.05) is 35.5 Å². The van der Waals surface area contributed by atoms with Crippen LogP contribution in [0, 0.1) is 13.8 Å². The summed E-state index contributed by atoms with van der Waals surface area (Å²) in [5.41, 5.74) is 3.24. The summed E-state index contributed by atoms with van der Waals surface area (Å²) in [6, 6.07) is 9.93. The SMILES string of the molecule is CNC(=O)c1ccc(CNCc2cc(C)c(C)s2)cc1. The second-order valence-electron chi connectivity index (χ2n) is 4.83. The fourth-order valence-corrected chi connectivity index (χ4v) is 3.01. The first-order valence-corrected chi connectivity index (χ1v) is 7.49. The van der Waals surface area contributed by atoms with E-state index in [4.69, 9.17) is 0 Å². The summed E-state index contributed by atoms with van der Waals surface area (Å²) in [5.74, 6) is -0.0472. The third-order valence-corrected chi connectivity index (χ3v) is 4.44. The molecule has 0 unspecified atom stereocenters. The predicted octanol–water partition coefficient (Wildman–Crippen LogP) is 3.01. The van der Waals surface area contributed by atoms with E-state index in [-0.39, 0.29) is 5.91 Å². The van der Waals surface area contributed by atoms with Crippen LogP contribution in [0.25, 0.3) is 0 Å². The maximum Gasteiger partial charge on any atom is 0.251 e. The van der Waals surface area contributed by atoms with Crippen LogP contribution in [-0.2, 0) is 13.1 Å². The molecule has 0 atom stereocenters. The van der Waals surface area contributed by atoms with Crippen LogP contribution < -0.4 is 10.6 Å². The monoisotopic (exact) mass is 288 g/mol. The number of benzene rings is 1.